The van der Waals surface area contributed by atoms with Gasteiger partial charge >= 0.3 is 0 Å². The van der Waals surface area contributed by atoms with E-state index < -0.39 is 0 Å². The number of hydrogen-bond acceptors (Lipinski definition) is 3. The molecule has 0 saturated carbocycles. The number of benzene rings is 1. The lowest BCUT2D eigenvalue weighted by Crippen LogP contribution is -2.49. The van der Waals surface area contributed by atoms with E-state index in [1.165, 1.54) is 5.69 Å². The van der Waals surface area contributed by atoms with Crippen molar-refractivity contribution in [3.8, 4) is 0 Å². The summed E-state index contributed by atoms with van der Waals surface area (Å²) >= 11 is 0. The van der Waals surface area contributed by atoms with E-state index in [9.17, 15) is 5.11 Å². The van der Waals surface area contributed by atoms with Crippen molar-refractivity contribution in [2.45, 2.75) is 25.5 Å². The third-order valence-electron chi connectivity index (χ3n) is 3.12. The number of ether oxygens (including phenoxy) is 1. The first kappa shape index (κ1) is 11.4. The predicted molar refractivity (Wildman–Crippen MR) is 64.7 cm³/mol. The van der Waals surface area contributed by atoms with E-state index in [2.05, 4.69) is 24.0 Å². The van der Waals surface area contributed by atoms with E-state index in [1.807, 2.05) is 18.2 Å². The van der Waals surface area contributed by atoms with Gasteiger partial charge in [0.2, 0.25) is 0 Å². The van der Waals surface area contributed by atoms with Gasteiger partial charge in [0.25, 0.3) is 0 Å². The van der Waals surface area contributed by atoms with Crippen LogP contribution in [0.5, 0.6) is 0 Å². The third-order valence-corrected chi connectivity index (χ3v) is 3.12. The van der Waals surface area contributed by atoms with Crippen molar-refractivity contribution in [1.82, 2.24) is 0 Å². The summed E-state index contributed by atoms with van der Waals surface area (Å²) in [4.78, 5) is 2.26. The van der Waals surface area contributed by atoms with Crippen LogP contribution < -0.4 is 4.90 Å². The van der Waals surface area contributed by atoms with E-state index in [1.54, 1.807) is 0 Å². The van der Waals surface area contributed by atoms with E-state index in [-0.39, 0.29) is 12.1 Å². The largest absolute Gasteiger partial charge is 0.389 e. The number of likely N-dealkylation sites (N-methyl/N-ethyl adjacent to an activating group) is 1. The molecule has 1 aromatic carbocycles. The van der Waals surface area contributed by atoms with Gasteiger partial charge in [-0.3, -0.25) is 0 Å². The Morgan fingerprint density at radius 3 is 2.75 bits per heavy atom. The Morgan fingerprint density at radius 1 is 1.38 bits per heavy atom. The fourth-order valence-corrected chi connectivity index (χ4v) is 2.30. The van der Waals surface area contributed by atoms with Crippen LogP contribution in [0.1, 0.15) is 13.3 Å². The van der Waals surface area contributed by atoms with Crippen molar-refractivity contribution < 1.29 is 9.84 Å². The molecule has 1 aromatic rings. The van der Waals surface area contributed by atoms with Gasteiger partial charge in [0.1, 0.15) is 0 Å². The molecule has 1 aliphatic heterocycles. The van der Waals surface area contributed by atoms with Crippen LogP contribution in [0.3, 0.4) is 0 Å². The first-order chi connectivity index (χ1) is 7.83. The van der Waals surface area contributed by atoms with Gasteiger partial charge in [-0.2, -0.15) is 0 Å². The van der Waals surface area contributed by atoms with Gasteiger partial charge in [0.05, 0.1) is 18.8 Å². The molecular formula is C13H19NO2. The Balaban J connectivity index is 2.15. The molecule has 0 radical (unpaired) electrons. The number of rotatable bonds is 3. The SMILES string of the molecule is CCN(c1ccccc1)C1CCOCC1O. The smallest absolute Gasteiger partial charge is 0.0977 e. The fraction of sp³-hybridized carbons (Fsp3) is 0.538. The van der Waals surface area contributed by atoms with Crippen molar-refractivity contribution in [3.05, 3.63) is 30.3 Å². The van der Waals surface area contributed by atoms with Crippen molar-refractivity contribution in [3.63, 3.8) is 0 Å². The molecule has 0 aromatic heterocycles. The molecule has 1 aliphatic rings. The van der Waals surface area contributed by atoms with E-state index in [0.29, 0.717) is 6.61 Å². The lowest BCUT2D eigenvalue weighted by molar-refractivity contribution is -0.0201. The van der Waals surface area contributed by atoms with Crippen molar-refractivity contribution >= 4 is 5.69 Å². The summed E-state index contributed by atoms with van der Waals surface area (Å²) in [5.74, 6) is 0. The highest BCUT2D eigenvalue weighted by Crippen LogP contribution is 2.22. The average Bonchev–Trinajstić information content (AvgIpc) is 2.34. The maximum atomic E-state index is 9.97. The average molecular weight is 221 g/mol. The Bertz CT molecular complexity index is 315. The quantitative estimate of drug-likeness (QED) is 0.842. The minimum Gasteiger partial charge on any atom is -0.389 e. The summed E-state index contributed by atoms with van der Waals surface area (Å²) in [6.45, 7) is 4.22. The number of nitrogens with zero attached hydrogens (tertiary/aromatic N) is 1. The molecule has 0 amide bonds. The lowest BCUT2D eigenvalue weighted by atomic mass is 10.0. The van der Waals surface area contributed by atoms with Crippen LogP contribution in [-0.2, 0) is 4.74 Å². The molecule has 1 fully saturated rings. The molecule has 0 aliphatic carbocycles. The Hall–Kier alpha value is -1.06. The minimum absolute atomic E-state index is 0.182. The highest BCUT2D eigenvalue weighted by molar-refractivity contribution is 5.47. The third kappa shape index (κ3) is 2.36. The first-order valence-corrected chi connectivity index (χ1v) is 5.90. The molecule has 3 nitrogen and oxygen atoms in total. The topological polar surface area (TPSA) is 32.7 Å². The van der Waals surface area contributed by atoms with E-state index in [0.717, 1.165) is 19.6 Å². The van der Waals surface area contributed by atoms with Crippen molar-refractivity contribution in [2.24, 2.45) is 0 Å². The summed E-state index contributed by atoms with van der Waals surface area (Å²) in [5.41, 5.74) is 1.18. The molecule has 0 bridgehead atoms. The van der Waals surface area contributed by atoms with Crippen LogP contribution in [0.4, 0.5) is 5.69 Å². The zero-order valence-corrected chi connectivity index (χ0v) is 9.67. The van der Waals surface area contributed by atoms with Gasteiger partial charge in [-0.25, -0.2) is 0 Å². The van der Waals surface area contributed by atoms with Crippen LogP contribution in [-0.4, -0.2) is 37.0 Å². The second kappa shape index (κ2) is 5.32. The van der Waals surface area contributed by atoms with Gasteiger partial charge in [0, 0.05) is 18.8 Å². The summed E-state index contributed by atoms with van der Waals surface area (Å²) in [6.07, 6.45) is 0.512. The molecular weight excluding hydrogens is 202 g/mol. The molecule has 1 heterocycles. The van der Waals surface area contributed by atoms with Crippen LogP contribution in [0, 0.1) is 0 Å². The Kier molecular flexibility index (Phi) is 3.80. The molecule has 2 atom stereocenters. The molecule has 0 spiro atoms. The summed E-state index contributed by atoms with van der Waals surface area (Å²) in [7, 11) is 0. The normalized spacial score (nSPS) is 25.4. The van der Waals surface area contributed by atoms with Crippen LogP contribution in [0.2, 0.25) is 0 Å². The number of aliphatic hydroxyl groups excluding tert-OH is 1. The Morgan fingerprint density at radius 2 is 2.12 bits per heavy atom. The van der Waals surface area contributed by atoms with Gasteiger partial charge in [0.15, 0.2) is 0 Å². The highest BCUT2D eigenvalue weighted by Gasteiger charge is 2.28. The fourth-order valence-electron chi connectivity index (χ4n) is 2.30. The second-order valence-electron chi connectivity index (χ2n) is 4.12. The van der Waals surface area contributed by atoms with E-state index >= 15 is 0 Å². The van der Waals surface area contributed by atoms with Gasteiger partial charge in [-0.15, -0.1) is 0 Å². The van der Waals surface area contributed by atoms with Crippen LogP contribution in [0.15, 0.2) is 30.3 Å². The standard InChI is InChI=1S/C13H19NO2/c1-2-14(11-6-4-3-5-7-11)12-8-9-16-10-13(12)15/h3-7,12-13,15H,2,8-10H2,1H3. The maximum Gasteiger partial charge on any atom is 0.0977 e. The molecule has 16 heavy (non-hydrogen) atoms. The lowest BCUT2D eigenvalue weighted by Gasteiger charge is -2.38. The maximum absolute atomic E-state index is 9.97. The number of anilines is 1. The summed E-state index contributed by atoms with van der Waals surface area (Å²) < 4.78 is 5.27. The molecule has 88 valence electrons. The minimum atomic E-state index is -0.381. The van der Waals surface area contributed by atoms with Gasteiger partial charge < -0.3 is 14.7 Å². The molecule has 1 N–H and O–H groups in total. The van der Waals surface area contributed by atoms with Crippen molar-refractivity contribution in [2.75, 3.05) is 24.7 Å². The van der Waals surface area contributed by atoms with Gasteiger partial charge in [-0.05, 0) is 25.5 Å². The molecule has 2 unspecified atom stereocenters. The summed E-state index contributed by atoms with van der Waals surface area (Å²) in [5, 5.41) is 9.97. The zero-order chi connectivity index (χ0) is 11.4. The number of hydrogen-bond donors (Lipinski definition) is 1. The van der Waals surface area contributed by atoms with Crippen molar-refractivity contribution in [1.29, 1.82) is 0 Å². The molecule has 3 heteroatoms. The summed E-state index contributed by atoms with van der Waals surface area (Å²) in [6, 6.07) is 10.4. The van der Waals surface area contributed by atoms with Gasteiger partial charge in [-0.1, -0.05) is 18.2 Å². The monoisotopic (exact) mass is 221 g/mol. The highest BCUT2D eigenvalue weighted by atomic mass is 16.5. The first-order valence-electron chi connectivity index (χ1n) is 5.90. The second-order valence-corrected chi connectivity index (χ2v) is 4.12. The predicted octanol–water partition coefficient (Wildman–Crippen LogP) is 1.66. The van der Waals surface area contributed by atoms with E-state index in [4.69, 9.17) is 4.74 Å². The van der Waals surface area contributed by atoms with Crippen LogP contribution in [0.25, 0.3) is 0 Å². The molecule has 1 saturated heterocycles. The number of aliphatic hydroxyl groups is 1. The molecule has 2 rings (SSSR count). The van der Waals surface area contributed by atoms with Crippen LogP contribution >= 0.6 is 0 Å². The number of para-hydroxylation sites is 1. The Labute approximate surface area is 96.6 Å². The zero-order valence-electron chi connectivity index (χ0n) is 9.67.